The van der Waals surface area contributed by atoms with Gasteiger partial charge in [0.2, 0.25) is 0 Å². The van der Waals surface area contributed by atoms with E-state index in [9.17, 15) is 0 Å². The van der Waals surface area contributed by atoms with E-state index in [1.807, 2.05) is 18.2 Å². The Hall–Kier alpha value is -1.92. The van der Waals surface area contributed by atoms with Crippen molar-refractivity contribution in [2.75, 3.05) is 26.7 Å². The standard InChI is InChI=1S/C18H26N4O2/c1-18(2,3)13-7-5-6-8-15(13)23-12-16-20-17(21-24-16)14-11-19-9-10-22(14)4/h5-8,14,19H,9-12H2,1-4H3. The molecule has 2 heterocycles. The van der Waals surface area contributed by atoms with Crippen molar-refractivity contribution in [1.82, 2.24) is 20.4 Å². The van der Waals surface area contributed by atoms with E-state index in [-0.39, 0.29) is 18.1 Å². The van der Waals surface area contributed by atoms with Gasteiger partial charge in [0.05, 0.1) is 6.04 Å². The van der Waals surface area contributed by atoms with E-state index in [2.05, 4.69) is 54.2 Å². The lowest BCUT2D eigenvalue weighted by molar-refractivity contribution is 0.189. The lowest BCUT2D eigenvalue weighted by Gasteiger charge is -2.30. The Balaban J connectivity index is 1.68. The van der Waals surface area contributed by atoms with Gasteiger partial charge in [-0.1, -0.05) is 44.1 Å². The second kappa shape index (κ2) is 6.91. The van der Waals surface area contributed by atoms with Crippen LogP contribution in [0.4, 0.5) is 0 Å². The highest BCUT2D eigenvalue weighted by atomic mass is 16.5. The summed E-state index contributed by atoms with van der Waals surface area (Å²) in [6.07, 6.45) is 0. The zero-order valence-corrected chi connectivity index (χ0v) is 14.9. The maximum absolute atomic E-state index is 5.95. The van der Waals surface area contributed by atoms with E-state index in [0.717, 1.165) is 25.4 Å². The summed E-state index contributed by atoms with van der Waals surface area (Å²) in [5, 5.41) is 7.49. The maximum atomic E-state index is 5.95. The van der Waals surface area contributed by atoms with Crippen LogP contribution in [0, 0.1) is 0 Å². The summed E-state index contributed by atoms with van der Waals surface area (Å²) in [6.45, 7) is 9.60. The van der Waals surface area contributed by atoms with Crippen LogP contribution < -0.4 is 10.1 Å². The van der Waals surface area contributed by atoms with Gasteiger partial charge >= 0.3 is 0 Å². The molecule has 1 atom stereocenters. The molecule has 0 bridgehead atoms. The Morgan fingerprint density at radius 1 is 1.33 bits per heavy atom. The van der Waals surface area contributed by atoms with Crippen molar-refractivity contribution < 1.29 is 9.26 Å². The number of nitrogens with one attached hydrogen (secondary N) is 1. The molecule has 0 saturated carbocycles. The third-order valence-corrected chi connectivity index (χ3v) is 4.34. The predicted octanol–water partition coefficient (Wildman–Crippen LogP) is 2.52. The molecule has 24 heavy (non-hydrogen) atoms. The van der Waals surface area contributed by atoms with Gasteiger partial charge in [-0.05, 0) is 24.1 Å². The van der Waals surface area contributed by atoms with Gasteiger partial charge in [0, 0.05) is 19.6 Å². The van der Waals surface area contributed by atoms with Crippen LogP contribution in [0.3, 0.4) is 0 Å². The molecule has 0 radical (unpaired) electrons. The molecule has 130 valence electrons. The predicted molar refractivity (Wildman–Crippen MR) is 92.0 cm³/mol. The lowest BCUT2D eigenvalue weighted by Crippen LogP contribution is -2.44. The average Bonchev–Trinajstić information content (AvgIpc) is 3.01. The molecule has 1 unspecified atom stereocenters. The monoisotopic (exact) mass is 330 g/mol. The number of hydrogen-bond acceptors (Lipinski definition) is 6. The Kier molecular flexibility index (Phi) is 4.87. The summed E-state index contributed by atoms with van der Waals surface area (Å²) >= 11 is 0. The first kappa shape index (κ1) is 16.9. The SMILES string of the molecule is CN1CCNCC1c1noc(COc2ccccc2C(C)(C)C)n1. The summed E-state index contributed by atoms with van der Waals surface area (Å²) in [6, 6.07) is 8.24. The first-order valence-corrected chi connectivity index (χ1v) is 8.41. The van der Waals surface area contributed by atoms with Crippen LogP contribution in [-0.4, -0.2) is 41.7 Å². The molecule has 0 spiro atoms. The summed E-state index contributed by atoms with van der Waals surface area (Å²) in [4.78, 5) is 6.74. The van der Waals surface area contributed by atoms with Crippen LogP contribution in [0.25, 0.3) is 0 Å². The van der Waals surface area contributed by atoms with Gasteiger partial charge in [0.25, 0.3) is 5.89 Å². The number of benzene rings is 1. The van der Waals surface area contributed by atoms with E-state index in [0.29, 0.717) is 11.7 Å². The molecule has 1 aromatic carbocycles. The number of nitrogens with zero attached hydrogens (tertiary/aromatic N) is 3. The molecule has 2 aromatic rings. The first-order chi connectivity index (χ1) is 11.4. The fourth-order valence-corrected chi connectivity index (χ4v) is 2.91. The topological polar surface area (TPSA) is 63.4 Å². The van der Waals surface area contributed by atoms with E-state index in [1.54, 1.807) is 0 Å². The first-order valence-electron chi connectivity index (χ1n) is 8.41. The number of aromatic nitrogens is 2. The van der Waals surface area contributed by atoms with Crippen molar-refractivity contribution in [3.05, 3.63) is 41.5 Å². The van der Waals surface area contributed by atoms with E-state index in [4.69, 9.17) is 9.26 Å². The Morgan fingerprint density at radius 3 is 2.88 bits per heavy atom. The largest absolute Gasteiger partial charge is 0.483 e. The van der Waals surface area contributed by atoms with Gasteiger partial charge in [-0.15, -0.1) is 0 Å². The number of hydrogen-bond donors (Lipinski definition) is 1. The van der Waals surface area contributed by atoms with Crippen LogP contribution in [0.5, 0.6) is 5.75 Å². The van der Waals surface area contributed by atoms with E-state index in [1.165, 1.54) is 5.56 Å². The summed E-state index contributed by atoms with van der Waals surface area (Å²) in [5.41, 5.74) is 1.19. The van der Waals surface area contributed by atoms with Crippen molar-refractivity contribution in [2.24, 2.45) is 0 Å². The van der Waals surface area contributed by atoms with Crippen LogP contribution in [0.2, 0.25) is 0 Å². The third kappa shape index (κ3) is 3.76. The minimum atomic E-state index is 0.0209. The van der Waals surface area contributed by atoms with Gasteiger partial charge < -0.3 is 14.6 Å². The number of ether oxygens (including phenoxy) is 1. The molecule has 1 saturated heterocycles. The fourth-order valence-electron chi connectivity index (χ4n) is 2.91. The molecule has 6 heteroatoms. The highest BCUT2D eigenvalue weighted by Crippen LogP contribution is 2.31. The molecule has 1 aliphatic rings. The van der Waals surface area contributed by atoms with Crippen molar-refractivity contribution in [3.8, 4) is 5.75 Å². The average molecular weight is 330 g/mol. The minimum absolute atomic E-state index is 0.0209. The molecule has 6 nitrogen and oxygen atoms in total. The van der Waals surface area contributed by atoms with Crippen molar-refractivity contribution in [3.63, 3.8) is 0 Å². The molecule has 0 aliphatic carbocycles. The number of piperazine rings is 1. The molecule has 1 N–H and O–H groups in total. The molecule has 3 rings (SSSR count). The summed E-state index contributed by atoms with van der Waals surface area (Å²) in [7, 11) is 2.08. The van der Waals surface area contributed by atoms with Crippen molar-refractivity contribution in [2.45, 2.75) is 38.8 Å². The molecule has 1 fully saturated rings. The van der Waals surface area contributed by atoms with Gasteiger partial charge in [0.15, 0.2) is 12.4 Å². The van der Waals surface area contributed by atoms with Crippen LogP contribution in [0.1, 0.15) is 44.1 Å². The number of rotatable bonds is 4. The second-order valence-corrected chi connectivity index (χ2v) is 7.28. The number of likely N-dealkylation sites (N-methyl/N-ethyl adjacent to an activating group) is 1. The van der Waals surface area contributed by atoms with Crippen LogP contribution in [0.15, 0.2) is 28.8 Å². The zero-order valence-electron chi connectivity index (χ0n) is 14.9. The fraction of sp³-hybridized carbons (Fsp3) is 0.556. The molecule has 1 aliphatic heterocycles. The van der Waals surface area contributed by atoms with E-state index < -0.39 is 0 Å². The Morgan fingerprint density at radius 2 is 2.12 bits per heavy atom. The molecular weight excluding hydrogens is 304 g/mol. The van der Waals surface area contributed by atoms with Crippen LogP contribution in [-0.2, 0) is 12.0 Å². The Bertz CT molecular complexity index is 678. The highest BCUT2D eigenvalue weighted by molar-refractivity contribution is 5.38. The van der Waals surface area contributed by atoms with Gasteiger partial charge in [0.1, 0.15) is 5.75 Å². The highest BCUT2D eigenvalue weighted by Gasteiger charge is 2.25. The zero-order chi connectivity index (χ0) is 17.2. The van der Waals surface area contributed by atoms with Gasteiger partial charge in [-0.2, -0.15) is 4.98 Å². The second-order valence-electron chi connectivity index (χ2n) is 7.28. The number of para-hydroxylation sites is 1. The third-order valence-electron chi connectivity index (χ3n) is 4.34. The Labute approximate surface area is 143 Å². The minimum Gasteiger partial charge on any atom is -0.483 e. The lowest BCUT2D eigenvalue weighted by atomic mass is 9.86. The van der Waals surface area contributed by atoms with Crippen LogP contribution >= 0.6 is 0 Å². The summed E-state index contributed by atoms with van der Waals surface area (Å²) in [5.74, 6) is 2.08. The quantitative estimate of drug-likeness (QED) is 0.929. The smallest absolute Gasteiger partial charge is 0.264 e. The maximum Gasteiger partial charge on any atom is 0.264 e. The van der Waals surface area contributed by atoms with E-state index >= 15 is 0 Å². The molecule has 0 amide bonds. The normalized spacial score (nSPS) is 19.4. The molecular formula is C18H26N4O2. The van der Waals surface area contributed by atoms with Gasteiger partial charge in [-0.3, -0.25) is 4.90 Å². The van der Waals surface area contributed by atoms with Crippen molar-refractivity contribution in [1.29, 1.82) is 0 Å². The molecule has 1 aromatic heterocycles. The van der Waals surface area contributed by atoms with Gasteiger partial charge in [-0.25, -0.2) is 0 Å². The summed E-state index contributed by atoms with van der Waals surface area (Å²) < 4.78 is 11.3. The van der Waals surface area contributed by atoms with Crippen molar-refractivity contribution >= 4 is 0 Å².